The quantitative estimate of drug-likeness (QED) is 0.449. The molecule has 0 spiro atoms. The van der Waals surface area contributed by atoms with E-state index in [0.29, 0.717) is 15.7 Å². The average Bonchev–Trinajstić information content (AvgIpc) is 3.25. The summed E-state index contributed by atoms with van der Waals surface area (Å²) in [6.45, 7) is 3.92. The van der Waals surface area contributed by atoms with E-state index in [1.54, 1.807) is 24.3 Å². The van der Waals surface area contributed by atoms with E-state index >= 15 is 0 Å². The molecule has 0 aliphatic carbocycles. The second-order valence-electron chi connectivity index (χ2n) is 7.69. The molecule has 168 valence electrons. The van der Waals surface area contributed by atoms with Crippen LogP contribution in [0.1, 0.15) is 30.6 Å². The number of carbonyl (C=O) groups excluding carboxylic acids is 2. The molecule has 32 heavy (non-hydrogen) atoms. The molecule has 3 aromatic rings. The molecule has 0 radical (unpaired) electrons. The van der Waals surface area contributed by atoms with Gasteiger partial charge in [-0.25, -0.2) is 0 Å². The van der Waals surface area contributed by atoms with Crippen LogP contribution in [0.2, 0.25) is 0 Å². The van der Waals surface area contributed by atoms with Gasteiger partial charge in [0.25, 0.3) is 5.91 Å². The molecule has 2 aromatic carbocycles. The molecule has 2 unspecified atom stereocenters. The van der Waals surface area contributed by atoms with Gasteiger partial charge in [-0.05, 0) is 54.4 Å². The molecule has 7 nitrogen and oxygen atoms in total. The molecular formula is C23H26BrN5O2S. The Hall–Kier alpha value is -2.78. The van der Waals surface area contributed by atoms with Crippen LogP contribution in [-0.4, -0.2) is 42.1 Å². The number of rotatable bonds is 8. The molecule has 0 aliphatic rings. The fourth-order valence-electron chi connectivity index (χ4n) is 3.00. The van der Waals surface area contributed by atoms with Gasteiger partial charge < -0.3 is 10.2 Å². The molecule has 3 rings (SSSR count). The Kier molecular flexibility index (Phi) is 7.98. The third-order valence-electron chi connectivity index (χ3n) is 5.17. The van der Waals surface area contributed by atoms with E-state index in [4.69, 9.17) is 0 Å². The molecule has 2 atom stereocenters. The minimum atomic E-state index is -0.692. The van der Waals surface area contributed by atoms with Crippen LogP contribution in [0.25, 0.3) is 10.6 Å². The number of hydrogen-bond donors (Lipinski definition) is 2. The Morgan fingerprint density at radius 2 is 1.72 bits per heavy atom. The van der Waals surface area contributed by atoms with E-state index in [9.17, 15) is 9.59 Å². The molecule has 1 aromatic heterocycles. The Morgan fingerprint density at radius 1 is 1.06 bits per heavy atom. The molecule has 1 heterocycles. The summed E-state index contributed by atoms with van der Waals surface area (Å²) in [4.78, 5) is 27.7. The zero-order valence-electron chi connectivity index (χ0n) is 18.4. The Bertz CT molecular complexity index is 1070. The van der Waals surface area contributed by atoms with Crippen LogP contribution in [-0.2, 0) is 4.79 Å². The van der Waals surface area contributed by atoms with Gasteiger partial charge in [0.15, 0.2) is 0 Å². The lowest BCUT2D eigenvalue weighted by Crippen LogP contribution is -2.47. The van der Waals surface area contributed by atoms with Crippen molar-refractivity contribution in [1.82, 2.24) is 15.5 Å². The summed E-state index contributed by atoms with van der Waals surface area (Å²) >= 11 is 4.66. The first-order valence-electron chi connectivity index (χ1n) is 10.3. The summed E-state index contributed by atoms with van der Waals surface area (Å²) in [7, 11) is 3.97. The lowest BCUT2D eigenvalue weighted by atomic mass is 9.98. The van der Waals surface area contributed by atoms with Crippen LogP contribution in [0.3, 0.4) is 0 Å². The van der Waals surface area contributed by atoms with Crippen molar-refractivity contribution in [2.45, 2.75) is 26.3 Å². The fraction of sp³-hybridized carbons (Fsp3) is 0.304. The number of nitrogens with zero attached hydrogens (tertiary/aromatic N) is 3. The van der Waals surface area contributed by atoms with Crippen molar-refractivity contribution in [3.63, 3.8) is 0 Å². The number of nitrogens with one attached hydrogen (secondary N) is 2. The summed E-state index contributed by atoms with van der Waals surface area (Å²) in [5, 5.41) is 15.1. The summed E-state index contributed by atoms with van der Waals surface area (Å²) in [5.41, 5.74) is 2.51. The molecule has 2 N–H and O–H groups in total. The van der Waals surface area contributed by atoms with Crippen LogP contribution < -0.4 is 15.5 Å². The van der Waals surface area contributed by atoms with Crippen LogP contribution in [0.5, 0.6) is 0 Å². The average molecular weight is 516 g/mol. The highest BCUT2D eigenvalue weighted by atomic mass is 79.9. The van der Waals surface area contributed by atoms with Gasteiger partial charge in [0, 0.05) is 35.4 Å². The molecule has 0 aliphatic heterocycles. The first kappa shape index (κ1) is 23.9. The molecule has 0 bridgehead atoms. The van der Waals surface area contributed by atoms with Gasteiger partial charge in [0.05, 0.1) is 0 Å². The number of anilines is 2. The maximum Gasteiger partial charge on any atom is 0.251 e. The second-order valence-corrected chi connectivity index (χ2v) is 9.58. The predicted octanol–water partition coefficient (Wildman–Crippen LogP) is 4.82. The first-order chi connectivity index (χ1) is 15.3. The topological polar surface area (TPSA) is 87.2 Å². The van der Waals surface area contributed by atoms with Crippen molar-refractivity contribution < 1.29 is 9.59 Å². The summed E-state index contributed by atoms with van der Waals surface area (Å²) < 4.78 is 0.883. The van der Waals surface area contributed by atoms with Crippen molar-refractivity contribution in [2.75, 3.05) is 24.3 Å². The Morgan fingerprint density at radius 3 is 2.31 bits per heavy atom. The number of aromatic nitrogens is 2. The first-order valence-corrected chi connectivity index (χ1v) is 11.9. The monoisotopic (exact) mass is 515 g/mol. The third-order valence-corrected chi connectivity index (χ3v) is 6.59. The van der Waals surface area contributed by atoms with Crippen LogP contribution in [0, 0.1) is 5.92 Å². The molecule has 9 heteroatoms. The molecule has 0 saturated carbocycles. The van der Waals surface area contributed by atoms with Crippen molar-refractivity contribution in [1.29, 1.82) is 0 Å². The second kappa shape index (κ2) is 10.7. The molecular weight excluding hydrogens is 490 g/mol. The zero-order chi connectivity index (χ0) is 23.3. The van der Waals surface area contributed by atoms with Gasteiger partial charge in [-0.2, -0.15) is 0 Å². The smallest absolute Gasteiger partial charge is 0.251 e. The van der Waals surface area contributed by atoms with Crippen LogP contribution in [0.4, 0.5) is 10.8 Å². The minimum absolute atomic E-state index is 0.0552. The van der Waals surface area contributed by atoms with Crippen molar-refractivity contribution in [3.05, 3.63) is 58.6 Å². The Balaban J connectivity index is 1.71. The Labute approximate surface area is 200 Å². The van der Waals surface area contributed by atoms with Crippen molar-refractivity contribution in [2.24, 2.45) is 5.92 Å². The van der Waals surface area contributed by atoms with Gasteiger partial charge in [0.1, 0.15) is 11.0 Å². The highest BCUT2D eigenvalue weighted by Crippen LogP contribution is 2.28. The normalized spacial score (nSPS) is 12.7. The minimum Gasteiger partial charge on any atom is -0.378 e. The highest BCUT2D eigenvalue weighted by Gasteiger charge is 2.27. The molecule has 2 amide bonds. The van der Waals surface area contributed by atoms with Crippen molar-refractivity contribution >= 4 is 49.9 Å². The summed E-state index contributed by atoms with van der Waals surface area (Å²) in [5.74, 6) is -0.660. The largest absolute Gasteiger partial charge is 0.378 e. The van der Waals surface area contributed by atoms with E-state index in [1.165, 1.54) is 11.3 Å². The van der Waals surface area contributed by atoms with E-state index in [1.807, 2.05) is 57.1 Å². The number of amides is 2. The van der Waals surface area contributed by atoms with E-state index in [0.717, 1.165) is 22.1 Å². The van der Waals surface area contributed by atoms with Gasteiger partial charge in [-0.1, -0.05) is 47.5 Å². The maximum atomic E-state index is 13.0. The molecule has 0 saturated heterocycles. The van der Waals surface area contributed by atoms with Crippen LogP contribution in [0.15, 0.2) is 53.0 Å². The zero-order valence-corrected chi connectivity index (χ0v) is 20.8. The number of halogens is 1. The summed E-state index contributed by atoms with van der Waals surface area (Å²) in [6.07, 6.45) is 0.734. The van der Waals surface area contributed by atoms with Gasteiger partial charge in [-0.3, -0.25) is 14.9 Å². The van der Waals surface area contributed by atoms with Crippen LogP contribution >= 0.6 is 27.3 Å². The third kappa shape index (κ3) is 5.92. The molecule has 0 fully saturated rings. The standard InChI is InChI=1S/C23H26BrN5O2S/c1-5-14(2)19(25-20(30)15-6-10-17(24)11-7-15)21(31)26-23-28-27-22(32-23)16-8-12-18(13-9-16)29(3)4/h6-14,19H,5H2,1-4H3,(H,25,30)(H,26,28,31). The van der Waals surface area contributed by atoms with E-state index < -0.39 is 6.04 Å². The van der Waals surface area contributed by atoms with Crippen molar-refractivity contribution in [3.8, 4) is 10.6 Å². The number of carbonyl (C=O) groups is 2. The lowest BCUT2D eigenvalue weighted by Gasteiger charge is -2.23. The summed E-state index contributed by atoms with van der Waals surface area (Å²) in [6, 6.07) is 14.3. The fourth-order valence-corrected chi connectivity index (χ4v) is 4.02. The van der Waals surface area contributed by atoms with Gasteiger partial charge in [0.2, 0.25) is 11.0 Å². The van der Waals surface area contributed by atoms with E-state index in [-0.39, 0.29) is 17.7 Å². The van der Waals surface area contributed by atoms with Gasteiger partial charge >= 0.3 is 0 Å². The maximum absolute atomic E-state index is 13.0. The number of hydrogen-bond acceptors (Lipinski definition) is 6. The number of benzene rings is 2. The van der Waals surface area contributed by atoms with E-state index in [2.05, 4.69) is 36.8 Å². The highest BCUT2D eigenvalue weighted by molar-refractivity contribution is 9.10. The SMILES string of the molecule is CCC(C)C(NC(=O)c1ccc(Br)cc1)C(=O)Nc1nnc(-c2ccc(N(C)C)cc2)s1. The lowest BCUT2D eigenvalue weighted by molar-refractivity contribution is -0.119. The van der Waals surface area contributed by atoms with Gasteiger partial charge in [-0.15, -0.1) is 10.2 Å². The predicted molar refractivity (Wildman–Crippen MR) is 133 cm³/mol.